The van der Waals surface area contributed by atoms with Crippen molar-refractivity contribution in [3.63, 3.8) is 0 Å². The summed E-state index contributed by atoms with van der Waals surface area (Å²) >= 11 is 13.3. The average molecular weight is 411 g/mol. The molecule has 1 aliphatic rings. The first-order valence-corrected chi connectivity index (χ1v) is 9.62. The second-order valence-corrected chi connectivity index (χ2v) is 7.36. The van der Waals surface area contributed by atoms with E-state index in [4.69, 9.17) is 23.2 Å². The monoisotopic (exact) mass is 410 g/mol. The van der Waals surface area contributed by atoms with Gasteiger partial charge < -0.3 is 15.5 Å². The van der Waals surface area contributed by atoms with E-state index in [1.807, 2.05) is 24.3 Å². The summed E-state index contributed by atoms with van der Waals surface area (Å²) in [5.41, 5.74) is 0.777. The molecule has 136 valence electrons. The minimum atomic E-state index is -0.225. The Labute approximate surface area is 165 Å². The Balaban J connectivity index is 1.49. The number of para-hydroxylation sites is 1. The Morgan fingerprint density at radius 1 is 1.27 bits per heavy atom. The van der Waals surface area contributed by atoms with Gasteiger partial charge in [0.1, 0.15) is 12.4 Å². The van der Waals surface area contributed by atoms with Crippen molar-refractivity contribution in [3.8, 4) is 0 Å². The molecule has 2 N–H and O–H groups in total. The molecule has 3 rings (SSSR count). The summed E-state index contributed by atoms with van der Waals surface area (Å²) in [6, 6.07) is 9.16. The number of rotatable bonds is 6. The van der Waals surface area contributed by atoms with Crippen molar-refractivity contribution in [1.29, 1.82) is 0 Å². The number of anilines is 2. The molecule has 0 radical (unpaired) electrons. The fourth-order valence-corrected chi connectivity index (χ4v) is 3.84. The maximum absolute atomic E-state index is 12.2. The lowest BCUT2D eigenvalue weighted by Gasteiger charge is -2.28. The highest BCUT2D eigenvalue weighted by Gasteiger charge is 2.25. The van der Waals surface area contributed by atoms with Crippen LogP contribution in [0.1, 0.15) is 0 Å². The Morgan fingerprint density at radius 2 is 2.08 bits per heavy atom. The number of fused-ring (bicyclic) bond motifs is 1. The molecule has 9 heteroatoms. The Morgan fingerprint density at radius 3 is 2.88 bits per heavy atom. The molecule has 0 spiro atoms. The number of hydrogen-bond acceptors (Lipinski definition) is 5. The van der Waals surface area contributed by atoms with Crippen LogP contribution in [0.25, 0.3) is 0 Å². The third-order valence-corrected chi connectivity index (χ3v) is 5.20. The third-order valence-electron chi connectivity index (χ3n) is 3.66. The van der Waals surface area contributed by atoms with E-state index >= 15 is 0 Å². The molecular weight excluding hydrogens is 395 g/mol. The van der Waals surface area contributed by atoms with E-state index in [0.29, 0.717) is 34.7 Å². The van der Waals surface area contributed by atoms with Crippen LogP contribution >= 0.6 is 35.0 Å². The van der Waals surface area contributed by atoms with Crippen molar-refractivity contribution < 1.29 is 9.59 Å². The summed E-state index contributed by atoms with van der Waals surface area (Å²) in [6.07, 6.45) is 1.49. The van der Waals surface area contributed by atoms with Gasteiger partial charge in [-0.2, -0.15) is 0 Å². The number of hydrogen-bond donors (Lipinski definition) is 2. The van der Waals surface area contributed by atoms with Gasteiger partial charge in [0, 0.05) is 24.2 Å². The van der Waals surface area contributed by atoms with Crippen LogP contribution in [0.3, 0.4) is 0 Å². The molecule has 0 atom stereocenters. The zero-order valence-electron chi connectivity index (χ0n) is 13.7. The number of aromatic nitrogens is 1. The van der Waals surface area contributed by atoms with Crippen molar-refractivity contribution in [2.24, 2.45) is 0 Å². The molecule has 0 fully saturated rings. The first-order chi connectivity index (χ1) is 12.5. The number of carbonyl (C=O) groups excluding carboxylic acids is 2. The first kappa shape index (κ1) is 18.8. The van der Waals surface area contributed by atoms with Gasteiger partial charge in [-0.25, -0.2) is 4.98 Å². The van der Waals surface area contributed by atoms with Crippen LogP contribution in [0.4, 0.5) is 11.5 Å². The highest BCUT2D eigenvalue weighted by atomic mass is 35.5. The van der Waals surface area contributed by atoms with Gasteiger partial charge in [-0.1, -0.05) is 35.3 Å². The number of carbonyl (C=O) groups is 2. The minimum Gasteiger partial charge on any atom is -0.367 e. The fraction of sp³-hybridized carbons (Fsp3) is 0.235. The number of thioether (sulfide) groups is 1. The van der Waals surface area contributed by atoms with Gasteiger partial charge >= 0.3 is 0 Å². The van der Waals surface area contributed by atoms with Gasteiger partial charge in [0.15, 0.2) is 0 Å². The number of amides is 2. The summed E-state index contributed by atoms with van der Waals surface area (Å²) in [4.78, 5) is 30.9. The van der Waals surface area contributed by atoms with Crippen LogP contribution in [0.2, 0.25) is 10.0 Å². The number of benzene rings is 1. The fourth-order valence-electron chi connectivity index (χ4n) is 2.45. The van der Waals surface area contributed by atoms with Crippen molar-refractivity contribution in [1.82, 2.24) is 10.3 Å². The second-order valence-electron chi connectivity index (χ2n) is 5.50. The molecule has 1 aromatic heterocycles. The van der Waals surface area contributed by atoms with E-state index in [1.54, 1.807) is 6.07 Å². The van der Waals surface area contributed by atoms with E-state index in [0.717, 1.165) is 10.6 Å². The lowest BCUT2D eigenvalue weighted by Crippen LogP contribution is -2.44. The van der Waals surface area contributed by atoms with Crippen molar-refractivity contribution in [3.05, 3.63) is 46.6 Å². The SMILES string of the molecule is O=C(CN1C(=O)CSc2ccccc21)NCCNc1ncc(Cl)cc1Cl. The van der Waals surface area contributed by atoms with Gasteiger partial charge in [-0.15, -0.1) is 11.8 Å². The Hall–Kier alpha value is -1.96. The molecule has 0 unspecified atom stereocenters. The molecule has 0 bridgehead atoms. The number of nitrogens with zero attached hydrogens (tertiary/aromatic N) is 2. The third kappa shape index (κ3) is 4.60. The van der Waals surface area contributed by atoms with Crippen molar-refractivity contribution in [2.75, 3.05) is 35.6 Å². The highest BCUT2D eigenvalue weighted by Crippen LogP contribution is 2.34. The molecule has 26 heavy (non-hydrogen) atoms. The summed E-state index contributed by atoms with van der Waals surface area (Å²) in [6.45, 7) is 0.814. The van der Waals surface area contributed by atoms with Crippen LogP contribution in [-0.4, -0.2) is 42.2 Å². The molecule has 2 amide bonds. The Kier molecular flexibility index (Phi) is 6.24. The smallest absolute Gasteiger partial charge is 0.240 e. The average Bonchev–Trinajstić information content (AvgIpc) is 2.62. The molecular formula is C17H16Cl2N4O2S. The zero-order chi connectivity index (χ0) is 18.5. The molecule has 0 saturated carbocycles. The van der Waals surface area contributed by atoms with E-state index < -0.39 is 0 Å². The maximum atomic E-state index is 12.2. The topological polar surface area (TPSA) is 74.3 Å². The van der Waals surface area contributed by atoms with E-state index in [2.05, 4.69) is 15.6 Å². The molecule has 2 aromatic rings. The predicted octanol–water partition coefficient (Wildman–Crippen LogP) is 3.06. The van der Waals surface area contributed by atoms with Crippen LogP contribution in [0, 0.1) is 0 Å². The summed E-state index contributed by atoms with van der Waals surface area (Å²) < 4.78 is 0. The standard InChI is InChI=1S/C17H16Cl2N4O2S/c18-11-7-12(19)17(22-8-11)21-6-5-20-15(24)9-23-13-3-1-2-4-14(13)26-10-16(23)25/h1-4,7-8H,5-6,9-10H2,(H,20,24)(H,21,22). The predicted molar refractivity (Wildman–Crippen MR) is 105 cm³/mol. The molecule has 0 saturated heterocycles. The lowest BCUT2D eigenvalue weighted by atomic mass is 10.2. The second kappa shape index (κ2) is 8.62. The highest BCUT2D eigenvalue weighted by molar-refractivity contribution is 8.00. The van der Waals surface area contributed by atoms with Gasteiger partial charge in [-0.3, -0.25) is 9.59 Å². The van der Waals surface area contributed by atoms with Gasteiger partial charge in [0.2, 0.25) is 11.8 Å². The molecule has 0 aliphatic carbocycles. The van der Waals surface area contributed by atoms with Gasteiger partial charge in [0.05, 0.1) is 21.5 Å². The van der Waals surface area contributed by atoms with E-state index in [1.165, 1.54) is 22.9 Å². The van der Waals surface area contributed by atoms with Crippen LogP contribution < -0.4 is 15.5 Å². The van der Waals surface area contributed by atoms with Crippen LogP contribution in [0.15, 0.2) is 41.4 Å². The van der Waals surface area contributed by atoms with Crippen LogP contribution in [0.5, 0.6) is 0 Å². The van der Waals surface area contributed by atoms with E-state index in [-0.39, 0.29) is 18.4 Å². The quantitative estimate of drug-likeness (QED) is 0.715. The molecule has 1 aliphatic heterocycles. The van der Waals surface area contributed by atoms with Crippen LogP contribution in [-0.2, 0) is 9.59 Å². The molecule has 2 heterocycles. The summed E-state index contributed by atoms with van der Waals surface area (Å²) in [7, 11) is 0. The summed E-state index contributed by atoms with van der Waals surface area (Å²) in [5, 5.41) is 6.68. The number of pyridine rings is 1. The van der Waals surface area contributed by atoms with Crippen molar-refractivity contribution in [2.45, 2.75) is 4.90 Å². The van der Waals surface area contributed by atoms with Gasteiger partial charge in [-0.05, 0) is 18.2 Å². The van der Waals surface area contributed by atoms with E-state index in [9.17, 15) is 9.59 Å². The number of nitrogens with one attached hydrogen (secondary N) is 2. The lowest BCUT2D eigenvalue weighted by molar-refractivity contribution is -0.122. The minimum absolute atomic E-state index is 0.00361. The molecule has 6 nitrogen and oxygen atoms in total. The largest absolute Gasteiger partial charge is 0.367 e. The first-order valence-electron chi connectivity index (χ1n) is 7.88. The zero-order valence-corrected chi connectivity index (χ0v) is 16.0. The normalized spacial score (nSPS) is 13.3. The number of halogens is 2. The Bertz CT molecular complexity index is 834. The van der Waals surface area contributed by atoms with Gasteiger partial charge in [0.25, 0.3) is 0 Å². The maximum Gasteiger partial charge on any atom is 0.240 e. The van der Waals surface area contributed by atoms with Crippen molar-refractivity contribution >= 4 is 58.3 Å². The molecule has 1 aromatic carbocycles. The summed E-state index contributed by atoms with van der Waals surface area (Å²) in [5.74, 6) is 0.547.